The molecule has 1 N–H and O–H groups in total. The molecule has 4 nitrogen and oxygen atoms in total. The third-order valence-electron chi connectivity index (χ3n) is 4.85. The predicted octanol–water partition coefficient (Wildman–Crippen LogP) is 4.71. The molecule has 2 aromatic rings. The van der Waals surface area contributed by atoms with Gasteiger partial charge in [0.05, 0.1) is 22.4 Å². The van der Waals surface area contributed by atoms with Crippen LogP contribution in [0.5, 0.6) is 0 Å². The molecule has 9 heteroatoms. The van der Waals surface area contributed by atoms with Gasteiger partial charge in [0.1, 0.15) is 4.33 Å². The molecule has 0 spiro atoms. The molecule has 1 aromatic heterocycles. The van der Waals surface area contributed by atoms with Gasteiger partial charge in [-0.1, -0.05) is 6.07 Å². The maximum Gasteiger partial charge on any atom is 0.416 e. The highest BCUT2D eigenvalue weighted by Gasteiger charge is 2.67. The fourth-order valence-electron chi connectivity index (χ4n) is 3.02. The highest BCUT2D eigenvalue weighted by atomic mass is 35.5. The highest BCUT2D eigenvalue weighted by molar-refractivity contribution is 6.53. The van der Waals surface area contributed by atoms with Crippen LogP contribution in [0.4, 0.5) is 13.2 Å². The average Bonchev–Trinajstić information content (AvgIpc) is 2.89. The molecule has 0 saturated heterocycles. The maximum atomic E-state index is 13.6. The van der Waals surface area contributed by atoms with E-state index >= 15 is 0 Å². The Labute approximate surface area is 164 Å². The second-order valence-corrected chi connectivity index (χ2v) is 8.56. The van der Waals surface area contributed by atoms with Gasteiger partial charge < -0.3 is 5.32 Å². The highest BCUT2D eigenvalue weighted by Crippen LogP contribution is 2.63. The average molecular weight is 420 g/mol. The largest absolute Gasteiger partial charge is 0.416 e. The lowest BCUT2D eigenvalue weighted by molar-refractivity contribution is -0.138. The van der Waals surface area contributed by atoms with Gasteiger partial charge in [0.15, 0.2) is 0 Å². The van der Waals surface area contributed by atoms with E-state index < -0.39 is 27.4 Å². The molecule has 146 valence electrons. The molecular weight excluding hydrogens is 402 g/mol. The van der Waals surface area contributed by atoms with Crippen LogP contribution in [0.1, 0.15) is 35.9 Å². The first-order valence-corrected chi connectivity index (χ1v) is 9.01. The summed E-state index contributed by atoms with van der Waals surface area (Å²) in [5.41, 5.74) is -0.114. The van der Waals surface area contributed by atoms with Crippen LogP contribution in [0.15, 0.2) is 24.3 Å². The number of nitrogens with zero attached hydrogens (tertiary/aromatic N) is 2. The lowest BCUT2D eigenvalue weighted by Gasteiger charge is -2.17. The molecule has 1 fully saturated rings. The van der Waals surface area contributed by atoms with E-state index in [0.29, 0.717) is 11.4 Å². The van der Waals surface area contributed by atoms with Crippen molar-refractivity contribution < 1.29 is 18.0 Å². The van der Waals surface area contributed by atoms with Gasteiger partial charge in [0.25, 0.3) is 0 Å². The zero-order valence-electron chi connectivity index (χ0n) is 14.9. The first-order chi connectivity index (χ1) is 12.3. The van der Waals surface area contributed by atoms with Crippen molar-refractivity contribution in [3.05, 3.63) is 46.8 Å². The zero-order chi connectivity index (χ0) is 20.2. The first kappa shape index (κ1) is 20.0. The molecule has 1 aliphatic rings. The number of benzene rings is 1. The normalized spacial score (nSPS) is 21.2. The third-order valence-corrected chi connectivity index (χ3v) is 5.95. The number of carbonyl (C=O) groups excluding carboxylic acids is 1. The Hall–Kier alpha value is -1.73. The minimum atomic E-state index is -4.57. The van der Waals surface area contributed by atoms with Crippen LogP contribution >= 0.6 is 23.2 Å². The lowest BCUT2D eigenvalue weighted by atomic mass is 10.0. The summed E-state index contributed by atoms with van der Waals surface area (Å²) in [6.07, 6.45) is -4.31. The molecule has 1 amide bonds. The number of halogens is 5. The van der Waals surface area contributed by atoms with Crippen LogP contribution in [0, 0.1) is 19.3 Å². The SMILES string of the molecule is Cc1cc(C)n(-c2ccc(CNC(=O)C3(C)CC3(Cl)Cl)c(C(F)(F)F)c2)n1. The van der Waals surface area contributed by atoms with Crippen LogP contribution in [0.3, 0.4) is 0 Å². The molecule has 1 atom stereocenters. The van der Waals surface area contributed by atoms with Crippen LogP contribution in [0.2, 0.25) is 0 Å². The van der Waals surface area contributed by atoms with Gasteiger partial charge in [0.2, 0.25) is 5.91 Å². The van der Waals surface area contributed by atoms with Crippen molar-refractivity contribution in [1.82, 2.24) is 15.1 Å². The molecular formula is C18H18Cl2F3N3O. The maximum absolute atomic E-state index is 13.6. The molecule has 3 rings (SSSR count). The summed E-state index contributed by atoms with van der Waals surface area (Å²) in [4.78, 5) is 12.2. The smallest absolute Gasteiger partial charge is 0.351 e. The van der Waals surface area contributed by atoms with Crippen LogP contribution in [0.25, 0.3) is 5.69 Å². The van der Waals surface area contributed by atoms with Crippen molar-refractivity contribution in [2.24, 2.45) is 5.41 Å². The topological polar surface area (TPSA) is 46.9 Å². The van der Waals surface area contributed by atoms with Gasteiger partial charge in [-0.3, -0.25) is 4.79 Å². The number of alkyl halides is 5. The number of aryl methyl sites for hydroxylation is 2. The van der Waals surface area contributed by atoms with Crippen molar-refractivity contribution in [3.8, 4) is 5.69 Å². The zero-order valence-corrected chi connectivity index (χ0v) is 16.4. The number of nitrogens with one attached hydrogen (secondary N) is 1. The number of amides is 1. The van der Waals surface area contributed by atoms with Crippen molar-refractivity contribution in [2.75, 3.05) is 0 Å². The second-order valence-electron chi connectivity index (χ2n) is 7.07. The molecule has 0 bridgehead atoms. The molecule has 0 aliphatic heterocycles. The minimum Gasteiger partial charge on any atom is -0.351 e. The number of carbonyl (C=O) groups is 1. The standard InChI is InChI=1S/C18H18Cl2F3N3O/c1-10-6-11(2)26(25-10)13-5-4-12(14(7-13)18(21,22)23)8-24-15(27)16(3)9-17(16,19)20/h4-7H,8-9H2,1-3H3,(H,24,27). The molecule has 1 unspecified atom stereocenters. The molecule has 0 radical (unpaired) electrons. The summed E-state index contributed by atoms with van der Waals surface area (Å²) >= 11 is 11.9. The summed E-state index contributed by atoms with van der Waals surface area (Å²) < 4.78 is 41.0. The van der Waals surface area contributed by atoms with Crippen LogP contribution < -0.4 is 5.32 Å². The van der Waals surface area contributed by atoms with Gasteiger partial charge in [-0.05, 0) is 51.0 Å². The molecule has 1 aromatic carbocycles. The Morgan fingerprint density at radius 1 is 1.30 bits per heavy atom. The van der Waals surface area contributed by atoms with Gasteiger partial charge >= 0.3 is 6.18 Å². The quantitative estimate of drug-likeness (QED) is 0.729. The van der Waals surface area contributed by atoms with E-state index in [1.165, 1.54) is 10.7 Å². The number of aromatic nitrogens is 2. The monoisotopic (exact) mass is 419 g/mol. The Morgan fingerprint density at radius 3 is 2.41 bits per heavy atom. The van der Waals surface area contributed by atoms with E-state index in [1.807, 2.05) is 0 Å². The van der Waals surface area contributed by atoms with Crippen molar-refractivity contribution in [3.63, 3.8) is 0 Å². The van der Waals surface area contributed by atoms with Gasteiger partial charge in [-0.25, -0.2) is 4.68 Å². The van der Waals surface area contributed by atoms with Crippen LogP contribution in [-0.4, -0.2) is 20.0 Å². The minimum absolute atomic E-state index is 0.0415. The predicted molar refractivity (Wildman–Crippen MR) is 97.0 cm³/mol. The first-order valence-electron chi connectivity index (χ1n) is 8.25. The van der Waals surface area contributed by atoms with Gasteiger partial charge in [0, 0.05) is 12.2 Å². The fraction of sp³-hybridized carbons (Fsp3) is 0.444. The Bertz CT molecular complexity index is 908. The summed E-state index contributed by atoms with van der Waals surface area (Å²) in [7, 11) is 0. The molecule has 27 heavy (non-hydrogen) atoms. The van der Waals surface area contributed by atoms with E-state index in [-0.39, 0.29) is 18.5 Å². The summed E-state index contributed by atoms with van der Waals surface area (Å²) in [5, 5.41) is 6.73. The van der Waals surface area contributed by atoms with Crippen molar-refractivity contribution in [2.45, 2.75) is 44.2 Å². The van der Waals surface area contributed by atoms with E-state index in [0.717, 1.165) is 11.8 Å². The van der Waals surface area contributed by atoms with E-state index in [4.69, 9.17) is 23.2 Å². The van der Waals surface area contributed by atoms with Gasteiger partial charge in [-0.15, -0.1) is 23.2 Å². The van der Waals surface area contributed by atoms with Gasteiger partial charge in [-0.2, -0.15) is 18.3 Å². The third kappa shape index (κ3) is 3.67. The number of rotatable bonds is 4. The molecule has 1 heterocycles. The van der Waals surface area contributed by atoms with Crippen molar-refractivity contribution in [1.29, 1.82) is 0 Å². The molecule has 1 saturated carbocycles. The summed E-state index contributed by atoms with van der Waals surface area (Å²) in [6.45, 7) is 4.84. The Kier molecular flexibility index (Phi) is 4.75. The van der Waals surface area contributed by atoms with E-state index in [1.54, 1.807) is 32.9 Å². The number of hydrogen-bond acceptors (Lipinski definition) is 2. The Balaban J connectivity index is 1.87. The van der Waals surface area contributed by atoms with E-state index in [2.05, 4.69) is 10.4 Å². The molecule has 1 aliphatic carbocycles. The Morgan fingerprint density at radius 2 is 1.93 bits per heavy atom. The van der Waals surface area contributed by atoms with Crippen LogP contribution in [-0.2, 0) is 17.5 Å². The summed E-state index contributed by atoms with van der Waals surface area (Å²) in [5.74, 6) is -0.469. The second kappa shape index (κ2) is 6.41. The summed E-state index contributed by atoms with van der Waals surface area (Å²) in [6, 6.07) is 5.70. The number of hydrogen-bond donors (Lipinski definition) is 1. The lowest BCUT2D eigenvalue weighted by Crippen LogP contribution is -2.33. The fourth-order valence-corrected chi connectivity index (χ4v) is 3.73. The van der Waals surface area contributed by atoms with Crippen molar-refractivity contribution >= 4 is 29.1 Å². The van der Waals surface area contributed by atoms with E-state index in [9.17, 15) is 18.0 Å².